The fourth-order valence-electron chi connectivity index (χ4n) is 2.68. The van der Waals surface area contributed by atoms with E-state index in [9.17, 15) is 19.5 Å². The lowest BCUT2D eigenvalue weighted by Gasteiger charge is -2.13. The molecule has 0 aliphatic rings. The number of ether oxygens (including phenoxy) is 1. The van der Waals surface area contributed by atoms with Gasteiger partial charge < -0.3 is 20.5 Å². The van der Waals surface area contributed by atoms with E-state index >= 15 is 0 Å². The largest absolute Gasteiger partial charge is 0.491 e. The van der Waals surface area contributed by atoms with Gasteiger partial charge in [0.25, 0.3) is 0 Å². The second kappa shape index (κ2) is 12.1. The van der Waals surface area contributed by atoms with Gasteiger partial charge in [-0.2, -0.15) is 0 Å². The summed E-state index contributed by atoms with van der Waals surface area (Å²) in [4.78, 5) is 44.5. The minimum Gasteiger partial charge on any atom is -0.491 e. The summed E-state index contributed by atoms with van der Waals surface area (Å²) in [5.41, 5.74) is 0.803. The Labute approximate surface area is 205 Å². The molecule has 0 unspecified atom stereocenters. The average molecular weight is 501 g/mol. The van der Waals surface area contributed by atoms with E-state index in [0.29, 0.717) is 38.9 Å². The molecule has 0 atom stereocenters. The lowest BCUT2D eigenvalue weighted by molar-refractivity contribution is -0.136. The first kappa shape index (κ1) is 25.2. The Hall–Kier alpha value is -3.44. The maximum atomic E-state index is 12.4. The monoisotopic (exact) mass is 500 g/mol. The first-order valence-corrected chi connectivity index (χ1v) is 12.1. The smallest absolute Gasteiger partial charge is 0.309 e. The minimum absolute atomic E-state index is 0.216. The number of carbonyl (C=O) groups excluding carboxylic acids is 2. The molecule has 0 aliphatic heterocycles. The molecular weight excluding hydrogens is 476 g/mol. The van der Waals surface area contributed by atoms with Crippen molar-refractivity contribution in [2.45, 2.75) is 35.9 Å². The molecule has 11 heteroatoms. The zero-order valence-electron chi connectivity index (χ0n) is 18.6. The van der Waals surface area contributed by atoms with Crippen LogP contribution in [-0.4, -0.2) is 39.5 Å². The van der Waals surface area contributed by atoms with E-state index < -0.39 is 24.2 Å². The number of pyridine rings is 1. The third-order valence-electron chi connectivity index (χ3n) is 4.12. The first-order chi connectivity index (χ1) is 16.3. The molecule has 9 nitrogen and oxygen atoms in total. The molecule has 2 amide bonds. The van der Waals surface area contributed by atoms with Gasteiger partial charge in [0.15, 0.2) is 5.13 Å². The number of hydrogen-bond donors (Lipinski definition) is 3. The highest BCUT2D eigenvalue weighted by atomic mass is 32.2. The molecule has 0 radical (unpaired) electrons. The SMILES string of the molecule is CC(C)COc1ccccc1NC(=O)CC(=O)Nc1nc(CC(=O)O)c(Sc2ccccn2)s1. The zero-order chi connectivity index (χ0) is 24.5. The van der Waals surface area contributed by atoms with Crippen molar-refractivity contribution >= 4 is 51.7 Å². The number of rotatable bonds is 11. The van der Waals surface area contributed by atoms with Crippen LogP contribution in [0.3, 0.4) is 0 Å². The Kier molecular flexibility index (Phi) is 9.00. The number of thiazole rings is 1. The van der Waals surface area contributed by atoms with Gasteiger partial charge in [0.1, 0.15) is 17.2 Å². The van der Waals surface area contributed by atoms with Crippen molar-refractivity contribution in [2.24, 2.45) is 5.92 Å². The molecule has 3 rings (SSSR count). The maximum absolute atomic E-state index is 12.4. The van der Waals surface area contributed by atoms with E-state index in [-0.39, 0.29) is 11.6 Å². The van der Waals surface area contributed by atoms with Crippen LogP contribution in [0, 0.1) is 5.92 Å². The predicted octanol–water partition coefficient (Wildman–Crippen LogP) is 4.32. The minimum atomic E-state index is -1.04. The van der Waals surface area contributed by atoms with E-state index in [4.69, 9.17) is 4.74 Å². The van der Waals surface area contributed by atoms with Gasteiger partial charge in [-0.1, -0.05) is 55.1 Å². The molecule has 0 spiro atoms. The number of benzene rings is 1. The van der Waals surface area contributed by atoms with Gasteiger partial charge in [-0.25, -0.2) is 9.97 Å². The zero-order valence-corrected chi connectivity index (χ0v) is 20.2. The molecule has 0 bridgehead atoms. The fraction of sp³-hybridized carbons (Fsp3) is 0.261. The number of aliphatic carboxylic acids is 1. The van der Waals surface area contributed by atoms with Crippen LogP contribution < -0.4 is 15.4 Å². The van der Waals surface area contributed by atoms with Crippen LogP contribution in [-0.2, 0) is 20.8 Å². The van der Waals surface area contributed by atoms with E-state index in [1.54, 1.807) is 42.6 Å². The average Bonchev–Trinajstić information content (AvgIpc) is 3.13. The van der Waals surface area contributed by atoms with Crippen molar-refractivity contribution in [3.8, 4) is 5.75 Å². The number of amides is 2. The number of anilines is 2. The van der Waals surface area contributed by atoms with Gasteiger partial charge >= 0.3 is 5.97 Å². The van der Waals surface area contributed by atoms with Crippen molar-refractivity contribution in [2.75, 3.05) is 17.2 Å². The summed E-state index contributed by atoms with van der Waals surface area (Å²) in [7, 11) is 0. The standard InChI is InChI=1S/C23H24N4O5S2/c1-14(2)13-32-17-8-4-3-7-15(17)25-18(28)12-19(29)27-23-26-16(11-21(30)31)22(34-23)33-20-9-5-6-10-24-20/h3-10,14H,11-13H2,1-2H3,(H,25,28)(H,30,31)(H,26,27,29). The Bertz CT molecular complexity index is 1150. The van der Waals surface area contributed by atoms with E-state index in [0.717, 1.165) is 11.3 Å². The normalized spacial score (nSPS) is 10.7. The van der Waals surface area contributed by atoms with Crippen LogP contribution >= 0.6 is 23.1 Å². The van der Waals surface area contributed by atoms with Gasteiger partial charge in [0.05, 0.1) is 28.6 Å². The fourth-order valence-corrected chi connectivity index (χ4v) is 4.76. The molecular formula is C23H24N4O5S2. The molecule has 1 aromatic carbocycles. The number of hydrogen-bond acceptors (Lipinski definition) is 8. The number of aromatic nitrogens is 2. The Morgan fingerprint density at radius 3 is 2.53 bits per heavy atom. The predicted molar refractivity (Wildman–Crippen MR) is 130 cm³/mol. The Balaban J connectivity index is 1.63. The van der Waals surface area contributed by atoms with Gasteiger partial charge in [0, 0.05) is 6.20 Å². The summed E-state index contributed by atoms with van der Waals surface area (Å²) in [6.07, 6.45) is 0.901. The van der Waals surface area contributed by atoms with Crippen LogP contribution in [0.5, 0.6) is 5.75 Å². The van der Waals surface area contributed by atoms with Crippen molar-refractivity contribution < 1.29 is 24.2 Å². The Morgan fingerprint density at radius 2 is 1.82 bits per heavy atom. The molecule has 0 aliphatic carbocycles. The van der Waals surface area contributed by atoms with Crippen molar-refractivity contribution in [1.29, 1.82) is 0 Å². The van der Waals surface area contributed by atoms with Gasteiger partial charge in [0.2, 0.25) is 11.8 Å². The topological polar surface area (TPSA) is 131 Å². The Morgan fingerprint density at radius 1 is 1.09 bits per heavy atom. The number of nitrogens with zero attached hydrogens (tertiary/aromatic N) is 2. The third kappa shape index (κ3) is 7.85. The first-order valence-electron chi connectivity index (χ1n) is 10.4. The molecule has 178 valence electrons. The van der Waals surface area contributed by atoms with Crippen molar-refractivity contribution in [1.82, 2.24) is 9.97 Å². The van der Waals surface area contributed by atoms with Crippen LogP contribution in [0.2, 0.25) is 0 Å². The highest BCUT2D eigenvalue weighted by molar-refractivity contribution is 8.01. The molecule has 2 aromatic heterocycles. The van der Waals surface area contributed by atoms with Crippen LogP contribution in [0.4, 0.5) is 10.8 Å². The number of nitrogens with one attached hydrogen (secondary N) is 2. The molecule has 3 N–H and O–H groups in total. The molecule has 0 fully saturated rings. The molecule has 0 saturated heterocycles. The summed E-state index contributed by atoms with van der Waals surface area (Å²) in [5, 5.41) is 15.4. The van der Waals surface area contributed by atoms with Gasteiger partial charge in [-0.3, -0.25) is 14.4 Å². The highest BCUT2D eigenvalue weighted by Crippen LogP contribution is 2.36. The summed E-state index contributed by atoms with van der Waals surface area (Å²) < 4.78 is 6.33. The summed E-state index contributed by atoms with van der Waals surface area (Å²) in [6.45, 7) is 4.54. The van der Waals surface area contributed by atoms with E-state index in [1.807, 2.05) is 19.9 Å². The van der Waals surface area contributed by atoms with E-state index in [2.05, 4.69) is 20.6 Å². The lowest BCUT2D eigenvalue weighted by Crippen LogP contribution is -2.21. The second-order valence-electron chi connectivity index (χ2n) is 7.57. The molecule has 0 saturated carbocycles. The quantitative estimate of drug-likeness (QED) is 0.332. The van der Waals surface area contributed by atoms with Gasteiger partial charge in [-0.15, -0.1) is 0 Å². The maximum Gasteiger partial charge on any atom is 0.309 e. The summed E-state index contributed by atoms with van der Waals surface area (Å²) in [6, 6.07) is 12.4. The highest BCUT2D eigenvalue weighted by Gasteiger charge is 2.19. The number of carboxylic acid groups (broad SMARTS) is 1. The molecule has 2 heterocycles. The van der Waals surface area contributed by atoms with Gasteiger partial charge in [-0.05, 0) is 30.2 Å². The van der Waals surface area contributed by atoms with Crippen LogP contribution in [0.25, 0.3) is 0 Å². The number of carbonyl (C=O) groups is 3. The number of carboxylic acids is 1. The third-order valence-corrected chi connectivity index (χ3v) is 6.30. The van der Waals surface area contributed by atoms with Crippen molar-refractivity contribution in [3.05, 3.63) is 54.4 Å². The second-order valence-corrected chi connectivity index (χ2v) is 9.86. The van der Waals surface area contributed by atoms with E-state index in [1.165, 1.54) is 11.8 Å². The summed E-state index contributed by atoms with van der Waals surface area (Å²) >= 11 is 2.40. The molecule has 34 heavy (non-hydrogen) atoms. The summed E-state index contributed by atoms with van der Waals surface area (Å²) in [5.74, 6) is -1.27. The van der Waals surface area contributed by atoms with Crippen molar-refractivity contribution in [3.63, 3.8) is 0 Å². The van der Waals surface area contributed by atoms with Crippen LogP contribution in [0.15, 0.2) is 57.9 Å². The molecule has 3 aromatic rings. The lowest BCUT2D eigenvalue weighted by atomic mass is 10.2. The number of para-hydroxylation sites is 2. The van der Waals surface area contributed by atoms with Crippen LogP contribution in [0.1, 0.15) is 26.0 Å².